The first kappa shape index (κ1) is 21.5. The summed E-state index contributed by atoms with van der Waals surface area (Å²) in [6.07, 6.45) is 3.11. The lowest BCUT2D eigenvalue weighted by atomic mass is 10.1. The molecule has 7 heteroatoms. The van der Waals surface area contributed by atoms with Gasteiger partial charge in [-0.3, -0.25) is 4.79 Å². The number of amides is 3. The van der Waals surface area contributed by atoms with Crippen molar-refractivity contribution in [3.05, 3.63) is 48.0 Å². The van der Waals surface area contributed by atoms with Gasteiger partial charge in [0.05, 0.1) is 17.9 Å². The number of nitrogens with one attached hydrogen (secondary N) is 3. The van der Waals surface area contributed by atoms with Crippen LogP contribution in [0.2, 0.25) is 0 Å². The number of anilines is 3. The Balaban J connectivity index is 1.77. The molecule has 7 nitrogen and oxygen atoms in total. The standard InChI is InChI=1S/C23H30N4O3/c1-3-13-24-22(28)18-16-17(11-12-20(18)27-14-7-8-15-27)25-23(29)26-19-9-5-6-10-21(19)30-4-2/h5-6,9-12,16H,3-4,7-8,13-15H2,1-2H3,(H,24,28)(H2,25,26,29). The van der Waals surface area contributed by atoms with E-state index < -0.39 is 6.03 Å². The molecule has 0 aromatic heterocycles. The third kappa shape index (κ3) is 5.43. The molecule has 3 rings (SSSR count). The molecule has 0 unspecified atom stereocenters. The van der Waals surface area contributed by atoms with E-state index in [1.165, 1.54) is 0 Å². The second-order valence-electron chi connectivity index (χ2n) is 7.19. The molecule has 2 aromatic carbocycles. The zero-order chi connectivity index (χ0) is 21.3. The molecule has 3 N–H and O–H groups in total. The van der Waals surface area contributed by atoms with E-state index >= 15 is 0 Å². The highest BCUT2D eigenvalue weighted by molar-refractivity contribution is 6.04. The van der Waals surface area contributed by atoms with Crippen LogP contribution in [0.25, 0.3) is 0 Å². The summed E-state index contributed by atoms with van der Waals surface area (Å²) in [7, 11) is 0. The number of urea groups is 1. The van der Waals surface area contributed by atoms with Crippen molar-refractivity contribution < 1.29 is 14.3 Å². The number of benzene rings is 2. The van der Waals surface area contributed by atoms with Crippen LogP contribution in [-0.4, -0.2) is 38.2 Å². The molecule has 160 valence electrons. The third-order valence-corrected chi connectivity index (χ3v) is 4.92. The number of carbonyl (C=O) groups is 2. The lowest BCUT2D eigenvalue weighted by Gasteiger charge is -2.22. The van der Waals surface area contributed by atoms with Gasteiger partial charge in [-0.15, -0.1) is 0 Å². The molecule has 1 fully saturated rings. The van der Waals surface area contributed by atoms with Crippen LogP contribution in [0.3, 0.4) is 0 Å². The van der Waals surface area contributed by atoms with E-state index in [9.17, 15) is 9.59 Å². The maximum absolute atomic E-state index is 12.7. The first-order chi connectivity index (χ1) is 14.6. The normalized spacial score (nSPS) is 13.1. The predicted octanol–water partition coefficient (Wildman–Crippen LogP) is 4.47. The molecule has 0 saturated carbocycles. The lowest BCUT2D eigenvalue weighted by molar-refractivity contribution is 0.0954. The van der Waals surface area contributed by atoms with Crippen molar-refractivity contribution in [2.45, 2.75) is 33.1 Å². The Hall–Kier alpha value is -3.22. The van der Waals surface area contributed by atoms with E-state index in [1.54, 1.807) is 18.2 Å². The van der Waals surface area contributed by atoms with Crippen LogP contribution >= 0.6 is 0 Å². The van der Waals surface area contributed by atoms with E-state index in [0.29, 0.717) is 35.8 Å². The van der Waals surface area contributed by atoms with Gasteiger partial charge in [0.25, 0.3) is 5.91 Å². The Bertz CT molecular complexity index is 879. The molecule has 1 aliphatic rings. The van der Waals surface area contributed by atoms with Crippen molar-refractivity contribution >= 4 is 29.0 Å². The molecular weight excluding hydrogens is 380 g/mol. The van der Waals surface area contributed by atoms with Gasteiger partial charge in [0.15, 0.2) is 0 Å². The van der Waals surface area contributed by atoms with Crippen molar-refractivity contribution in [1.82, 2.24) is 5.32 Å². The Morgan fingerprint density at radius 1 is 1.03 bits per heavy atom. The zero-order valence-corrected chi connectivity index (χ0v) is 17.7. The van der Waals surface area contributed by atoms with Crippen molar-refractivity contribution in [3.8, 4) is 5.75 Å². The van der Waals surface area contributed by atoms with Crippen LogP contribution in [0.4, 0.5) is 21.9 Å². The molecule has 0 aliphatic carbocycles. The van der Waals surface area contributed by atoms with Gasteiger partial charge in [-0.2, -0.15) is 0 Å². The third-order valence-electron chi connectivity index (χ3n) is 4.92. The summed E-state index contributed by atoms with van der Waals surface area (Å²) in [5, 5.41) is 8.58. The molecule has 30 heavy (non-hydrogen) atoms. The Kier molecular flexibility index (Phi) is 7.54. The Morgan fingerprint density at radius 3 is 2.53 bits per heavy atom. The van der Waals surface area contributed by atoms with Crippen LogP contribution in [0.15, 0.2) is 42.5 Å². The fourth-order valence-electron chi connectivity index (χ4n) is 3.50. The Morgan fingerprint density at radius 2 is 1.80 bits per heavy atom. The summed E-state index contributed by atoms with van der Waals surface area (Å²) in [5.74, 6) is 0.490. The highest BCUT2D eigenvalue weighted by Gasteiger charge is 2.20. The van der Waals surface area contributed by atoms with E-state index in [-0.39, 0.29) is 5.91 Å². The summed E-state index contributed by atoms with van der Waals surface area (Å²) in [6.45, 7) is 6.91. The Labute approximate surface area is 177 Å². The van der Waals surface area contributed by atoms with E-state index in [0.717, 1.165) is 38.0 Å². The molecule has 0 atom stereocenters. The fourth-order valence-corrected chi connectivity index (χ4v) is 3.50. The van der Waals surface area contributed by atoms with Crippen LogP contribution in [0.5, 0.6) is 5.75 Å². The highest BCUT2D eigenvalue weighted by Crippen LogP contribution is 2.28. The maximum atomic E-state index is 12.7. The van der Waals surface area contributed by atoms with Gasteiger partial charge < -0.3 is 25.6 Å². The number of carbonyl (C=O) groups excluding carboxylic acids is 2. The lowest BCUT2D eigenvalue weighted by Crippen LogP contribution is -2.28. The van der Waals surface area contributed by atoms with Crippen molar-refractivity contribution in [1.29, 1.82) is 0 Å². The minimum atomic E-state index is -0.393. The minimum absolute atomic E-state index is 0.121. The zero-order valence-electron chi connectivity index (χ0n) is 17.7. The smallest absolute Gasteiger partial charge is 0.323 e. The average Bonchev–Trinajstić information content (AvgIpc) is 3.28. The van der Waals surface area contributed by atoms with Gasteiger partial charge in [-0.05, 0) is 56.5 Å². The van der Waals surface area contributed by atoms with Crippen molar-refractivity contribution in [2.24, 2.45) is 0 Å². The van der Waals surface area contributed by atoms with Gasteiger partial charge >= 0.3 is 6.03 Å². The molecule has 3 amide bonds. The predicted molar refractivity (Wildman–Crippen MR) is 121 cm³/mol. The number of hydrogen-bond acceptors (Lipinski definition) is 4. The number of hydrogen-bond donors (Lipinski definition) is 3. The summed E-state index contributed by atoms with van der Waals surface area (Å²) >= 11 is 0. The van der Waals surface area contributed by atoms with Crippen LogP contribution in [0.1, 0.15) is 43.5 Å². The molecule has 2 aromatic rings. The summed E-state index contributed by atoms with van der Waals surface area (Å²) in [5.41, 5.74) is 2.64. The quantitative estimate of drug-likeness (QED) is 0.600. The number of rotatable bonds is 8. The van der Waals surface area contributed by atoms with E-state index in [4.69, 9.17) is 4.74 Å². The fraction of sp³-hybridized carbons (Fsp3) is 0.391. The van der Waals surface area contributed by atoms with Gasteiger partial charge in [-0.1, -0.05) is 19.1 Å². The molecule has 0 spiro atoms. The van der Waals surface area contributed by atoms with E-state index in [1.807, 2.05) is 38.1 Å². The summed E-state index contributed by atoms with van der Waals surface area (Å²) in [4.78, 5) is 27.5. The maximum Gasteiger partial charge on any atom is 0.323 e. The van der Waals surface area contributed by atoms with Gasteiger partial charge in [0.1, 0.15) is 5.75 Å². The monoisotopic (exact) mass is 410 g/mol. The molecule has 0 radical (unpaired) electrons. The van der Waals surface area contributed by atoms with Crippen molar-refractivity contribution in [3.63, 3.8) is 0 Å². The summed E-state index contributed by atoms with van der Waals surface area (Å²) in [6, 6.07) is 12.4. The molecule has 1 heterocycles. The topological polar surface area (TPSA) is 82.7 Å². The SMILES string of the molecule is CCCNC(=O)c1cc(NC(=O)Nc2ccccc2OCC)ccc1N1CCCC1. The van der Waals surface area contributed by atoms with Gasteiger partial charge in [-0.25, -0.2) is 4.79 Å². The van der Waals surface area contributed by atoms with Crippen LogP contribution in [-0.2, 0) is 0 Å². The highest BCUT2D eigenvalue weighted by atomic mass is 16.5. The molecule has 0 bridgehead atoms. The summed E-state index contributed by atoms with van der Waals surface area (Å²) < 4.78 is 5.55. The number of para-hydroxylation sites is 2. The molecular formula is C23H30N4O3. The van der Waals surface area contributed by atoms with Crippen molar-refractivity contribution in [2.75, 3.05) is 41.8 Å². The number of nitrogens with zero attached hydrogens (tertiary/aromatic N) is 1. The second kappa shape index (κ2) is 10.5. The first-order valence-corrected chi connectivity index (χ1v) is 10.6. The largest absolute Gasteiger partial charge is 0.492 e. The average molecular weight is 411 g/mol. The minimum Gasteiger partial charge on any atom is -0.492 e. The molecule has 1 saturated heterocycles. The van der Waals surface area contributed by atoms with Gasteiger partial charge in [0.2, 0.25) is 0 Å². The van der Waals surface area contributed by atoms with Crippen LogP contribution < -0.4 is 25.6 Å². The van der Waals surface area contributed by atoms with Gasteiger partial charge in [0, 0.05) is 31.0 Å². The van der Waals surface area contributed by atoms with E-state index in [2.05, 4.69) is 20.9 Å². The first-order valence-electron chi connectivity index (χ1n) is 10.6. The molecule has 1 aliphatic heterocycles. The number of ether oxygens (including phenoxy) is 1. The van der Waals surface area contributed by atoms with Crippen LogP contribution in [0, 0.1) is 0 Å². The second-order valence-corrected chi connectivity index (χ2v) is 7.19.